The van der Waals surface area contributed by atoms with Crippen LogP contribution in [0.3, 0.4) is 0 Å². The number of rotatable bonds is 5. The number of aromatic nitrogens is 2. The predicted octanol–water partition coefficient (Wildman–Crippen LogP) is 1.03. The van der Waals surface area contributed by atoms with Crippen molar-refractivity contribution in [3.05, 3.63) is 64.1 Å². The fourth-order valence-corrected chi connectivity index (χ4v) is 3.89. The van der Waals surface area contributed by atoms with Gasteiger partial charge in [0.2, 0.25) is 12.2 Å². The molecule has 1 saturated carbocycles. The molecule has 9 heteroatoms. The summed E-state index contributed by atoms with van der Waals surface area (Å²) in [6.45, 7) is 0.467. The number of carbonyl (C=O) groups is 1. The highest BCUT2D eigenvalue weighted by atomic mass is 16.2. The van der Waals surface area contributed by atoms with Crippen LogP contribution in [0.15, 0.2) is 52.3 Å². The number of benzene rings is 1. The molecule has 1 aromatic heterocycles. The third-order valence-corrected chi connectivity index (χ3v) is 5.57. The molecule has 2 aromatic rings. The first kappa shape index (κ1) is 21.0. The first-order chi connectivity index (χ1) is 14.6. The first-order valence-electron chi connectivity index (χ1n) is 9.87. The van der Waals surface area contributed by atoms with Crippen molar-refractivity contribution in [2.75, 3.05) is 13.6 Å². The van der Waals surface area contributed by atoms with E-state index in [2.05, 4.69) is 43.3 Å². The molecule has 156 valence electrons. The number of guanidine groups is 1. The summed E-state index contributed by atoms with van der Waals surface area (Å²) >= 11 is 0. The summed E-state index contributed by atoms with van der Waals surface area (Å²) in [6.07, 6.45) is 5.24. The molecule has 0 unspecified atom stereocenters. The topological polar surface area (TPSA) is 135 Å². The van der Waals surface area contributed by atoms with Crippen molar-refractivity contribution in [1.82, 2.24) is 26.1 Å². The van der Waals surface area contributed by atoms with E-state index in [0.29, 0.717) is 12.5 Å². The van der Waals surface area contributed by atoms with Crippen molar-refractivity contribution >= 4 is 11.9 Å². The van der Waals surface area contributed by atoms with Crippen molar-refractivity contribution in [1.29, 1.82) is 5.26 Å². The molecule has 4 N–H and O–H groups in total. The Balaban J connectivity index is 1.72. The summed E-state index contributed by atoms with van der Waals surface area (Å²) in [7, 11) is 1.72. The van der Waals surface area contributed by atoms with Gasteiger partial charge in [0.05, 0.1) is 0 Å². The summed E-state index contributed by atoms with van der Waals surface area (Å²) in [5, 5.41) is 24.0. The highest BCUT2D eigenvalue weighted by Gasteiger charge is 2.37. The molecule has 1 heterocycles. The number of nitrogens with one attached hydrogen (secondary N) is 4. The Hall–Kier alpha value is -3.67. The Morgan fingerprint density at radius 2 is 2.00 bits per heavy atom. The fourth-order valence-electron chi connectivity index (χ4n) is 3.89. The lowest BCUT2D eigenvalue weighted by Crippen LogP contribution is -2.49. The van der Waals surface area contributed by atoms with Gasteiger partial charge in [-0.2, -0.15) is 10.4 Å². The quantitative estimate of drug-likeness (QED) is 0.332. The number of hydrogen-bond acceptors (Lipinski definition) is 5. The van der Waals surface area contributed by atoms with E-state index in [4.69, 9.17) is 5.26 Å². The van der Waals surface area contributed by atoms with E-state index in [1.54, 1.807) is 13.2 Å². The van der Waals surface area contributed by atoms with E-state index in [9.17, 15) is 9.59 Å². The SMILES string of the molecule is CN/C(=N\C#N)N[C@H]1CC[C@](CNC(=O)c2ccc(=O)[nH]n2)(c2ccccc2)CC1. The van der Waals surface area contributed by atoms with Crippen LogP contribution in [-0.2, 0) is 5.41 Å². The van der Waals surface area contributed by atoms with Gasteiger partial charge in [0.1, 0.15) is 5.69 Å². The lowest BCUT2D eigenvalue weighted by molar-refractivity contribution is 0.0929. The molecule has 1 aromatic carbocycles. The van der Waals surface area contributed by atoms with Crippen LogP contribution in [0.25, 0.3) is 0 Å². The summed E-state index contributed by atoms with van der Waals surface area (Å²) in [4.78, 5) is 27.4. The Morgan fingerprint density at radius 3 is 2.60 bits per heavy atom. The van der Waals surface area contributed by atoms with Gasteiger partial charge in [-0.05, 0) is 37.3 Å². The molecule has 0 radical (unpaired) electrons. The fraction of sp³-hybridized carbons (Fsp3) is 0.381. The van der Waals surface area contributed by atoms with Crippen molar-refractivity contribution in [3.8, 4) is 6.19 Å². The van der Waals surface area contributed by atoms with E-state index in [-0.39, 0.29) is 28.6 Å². The number of aromatic amines is 1. The zero-order valence-electron chi connectivity index (χ0n) is 16.8. The number of aliphatic imine (C=N–C) groups is 1. The van der Waals surface area contributed by atoms with Gasteiger partial charge in [-0.15, -0.1) is 4.99 Å². The van der Waals surface area contributed by atoms with Crippen molar-refractivity contribution in [2.45, 2.75) is 37.1 Å². The third-order valence-electron chi connectivity index (χ3n) is 5.57. The van der Waals surface area contributed by atoms with E-state index in [1.807, 2.05) is 18.2 Å². The lowest BCUT2D eigenvalue weighted by Gasteiger charge is -2.41. The van der Waals surface area contributed by atoms with Crippen LogP contribution in [0, 0.1) is 11.5 Å². The third kappa shape index (κ3) is 5.03. The Morgan fingerprint density at radius 1 is 1.27 bits per heavy atom. The smallest absolute Gasteiger partial charge is 0.271 e. The molecule has 0 saturated heterocycles. The minimum absolute atomic E-state index is 0.180. The number of nitrogens with zero attached hydrogens (tertiary/aromatic N) is 3. The molecule has 1 aliphatic carbocycles. The number of amides is 1. The molecular weight excluding hydrogens is 382 g/mol. The number of nitriles is 1. The van der Waals surface area contributed by atoms with E-state index >= 15 is 0 Å². The molecular formula is C21H25N7O2. The maximum Gasteiger partial charge on any atom is 0.271 e. The monoisotopic (exact) mass is 407 g/mol. The second-order valence-electron chi connectivity index (χ2n) is 7.36. The zero-order chi connectivity index (χ0) is 21.4. The van der Waals surface area contributed by atoms with Crippen LogP contribution >= 0.6 is 0 Å². The summed E-state index contributed by atoms with van der Waals surface area (Å²) in [5.41, 5.74) is 0.806. The minimum Gasteiger partial charge on any atom is -0.359 e. The highest BCUT2D eigenvalue weighted by molar-refractivity contribution is 5.92. The van der Waals surface area contributed by atoms with Gasteiger partial charge < -0.3 is 16.0 Å². The van der Waals surface area contributed by atoms with Crippen LogP contribution in [0.2, 0.25) is 0 Å². The van der Waals surface area contributed by atoms with Crippen LogP contribution in [-0.4, -0.2) is 41.7 Å². The molecule has 0 aliphatic heterocycles. The van der Waals surface area contributed by atoms with Gasteiger partial charge in [0, 0.05) is 31.1 Å². The average Bonchev–Trinajstić information content (AvgIpc) is 2.79. The largest absolute Gasteiger partial charge is 0.359 e. The van der Waals surface area contributed by atoms with E-state index in [1.165, 1.54) is 17.7 Å². The molecule has 0 spiro atoms. The normalized spacial score (nSPS) is 21.3. The predicted molar refractivity (Wildman–Crippen MR) is 113 cm³/mol. The van der Waals surface area contributed by atoms with Crippen molar-refractivity contribution in [2.24, 2.45) is 4.99 Å². The van der Waals surface area contributed by atoms with Crippen LogP contribution < -0.4 is 21.5 Å². The number of hydrogen-bond donors (Lipinski definition) is 4. The molecule has 9 nitrogen and oxygen atoms in total. The van der Waals surface area contributed by atoms with E-state index in [0.717, 1.165) is 25.7 Å². The summed E-state index contributed by atoms with van der Waals surface area (Å²) < 4.78 is 0. The van der Waals surface area contributed by atoms with Crippen molar-refractivity contribution < 1.29 is 4.79 Å². The Bertz CT molecular complexity index is 966. The molecule has 0 bridgehead atoms. The van der Waals surface area contributed by atoms with Crippen LogP contribution in [0.5, 0.6) is 0 Å². The van der Waals surface area contributed by atoms with Gasteiger partial charge >= 0.3 is 0 Å². The zero-order valence-corrected chi connectivity index (χ0v) is 16.8. The number of carbonyl (C=O) groups excluding carboxylic acids is 1. The first-order valence-corrected chi connectivity index (χ1v) is 9.87. The Kier molecular flexibility index (Phi) is 6.80. The summed E-state index contributed by atoms with van der Waals surface area (Å²) in [6, 6.07) is 13.1. The minimum atomic E-state index is -0.348. The average molecular weight is 407 g/mol. The van der Waals surface area contributed by atoms with Crippen LogP contribution in [0.4, 0.5) is 0 Å². The van der Waals surface area contributed by atoms with Crippen molar-refractivity contribution in [3.63, 3.8) is 0 Å². The molecule has 30 heavy (non-hydrogen) atoms. The van der Waals surface area contributed by atoms with Crippen LogP contribution in [0.1, 0.15) is 41.7 Å². The van der Waals surface area contributed by atoms with E-state index < -0.39 is 0 Å². The van der Waals surface area contributed by atoms with Gasteiger partial charge in [0.25, 0.3) is 11.5 Å². The van der Waals surface area contributed by atoms with Gasteiger partial charge in [-0.1, -0.05) is 30.3 Å². The molecule has 0 atom stereocenters. The van der Waals surface area contributed by atoms with Gasteiger partial charge in [-0.25, -0.2) is 5.10 Å². The second-order valence-corrected chi connectivity index (χ2v) is 7.36. The highest BCUT2D eigenvalue weighted by Crippen LogP contribution is 2.39. The standard InChI is InChI=1S/C21H25N7O2/c1-23-20(25-14-22)26-16-9-11-21(12-10-16,15-5-3-2-4-6-15)13-24-19(30)17-7-8-18(29)28-27-17/h2-8,16H,9-13H2,1H3,(H,24,30)(H,28,29)(H2,23,25,26)/t16-,21-. The molecule has 3 rings (SSSR count). The number of H-pyrrole nitrogens is 1. The Labute approximate surface area is 174 Å². The van der Waals surface area contributed by atoms with Gasteiger partial charge in [-0.3, -0.25) is 9.59 Å². The summed E-state index contributed by atoms with van der Waals surface area (Å²) in [5.74, 6) is 0.146. The lowest BCUT2D eigenvalue weighted by atomic mass is 9.68. The maximum absolute atomic E-state index is 12.5. The maximum atomic E-state index is 12.5. The van der Waals surface area contributed by atoms with Gasteiger partial charge in [0.15, 0.2) is 0 Å². The molecule has 1 fully saturated rings. The molecule has 1 amide bonds. The second kappa shape index (κ2) is 9.69. The molecule has 1 aliphatic rings.